The standard InChI is InChI=1S/C17H24N2OS/c1-21-16-7-5-14(6-8-16)17(20)13-18-10-11-19-9-3-2-4-15(19)12-18/h5-8,15H,2-4,9-13H2,1H3. The van der Waals surface area contributed by atoms with Gasteiger partial charge in [0.25, 0.3) is 0 Å². The summed E-state index contributed by atoms with van der Waals surface area (Å²) in [4.78, 5) is 18.6. The third kappa shape index (κ3) is 3.68. The van der Waals surface area contributed by atoms with Crippen LogP contribution in [-0.2, 0) is 0 Å². The van der Waals surface area contributed by atoms with Crippen LogP contribution in [0.3, 0.4) is 0 Å². The van der Waals surface area contributed by atoms with E-state index in [1.165, 1.54) is 30.7 Å². The number of Topliss-reactive ketones (excluding diaryl/α,β-unsaturated/α-hetero) is 1. The number of piperazine rings is 1. The molecule has 0 aliphatic carbocycles. The number of benzene rings is 1. The number of thioether (sulfide) groups is 1. The maximum Gasteiger partial charge on any atom is 0.176 e. The highest BCUT2D eigenvalue weighted by Crippen LogP contribution is 2.21. The highest BCUT2D eigenvalue weighted by molar-refractivity contribution is 7.98. The van der Waals surface area contributed by atoms with Gasteiger partial charge in [0, 0.05) is 36.1 Å². The van der Waals surface area contributed by atoms with Crippen LogP contribution >= 0.6 is 11.8 Å². The highest BCUT2D eigenvalue weighted by atomic mass is 32.2. The molecule has 0 aromatic heterocycles. The third-order valence-corrected chi connectivity index (χ3v) is 5.44. The van der Waals surface area contributed by atoms with Gasteiger partial charge in [-0.2, -0.15) is 0 Å². The first-order chi connectivity index (χ1) is 10.3. The molecule has 0 N–H and O–H groups in total. The van der Waals surface area contributed by atoms with Crippen LogP contribution in [0.5, 0.6) is 0 Å². The molecule has 2 heterocycles. The van der Waals surface area contributed by atoms with Gasteiger partial charge in [-0.3, -0.25) is 14.6 Å². The summed E-state index contributed by atoms with van der Waals surface area (Å²) in [6, 6.07) is 8.68. The zero-order chi connectivity index (χ0) is 14.7. The predicted molar refractivity (Wildman–Crippen MR) is 88.2 cm³/mol. The minimum atomic E-state index is 0.256. The quantitative estimate of drug-likeness (QED) is 0.630. The van der Waals surface area contributed by atoms with Gasteiger partial charge in [0.05, 0.1) is 6.54 Å². The first-order valence-electron chi connectivity index (χ1n) is 7.90. The average molecular weight is 304 g/mol. The van der Waals surface area contributed by atoms with Crippen molar-refractivity contribution in [3.05, 3.63) is 29.8 Å². The van der Waals surface area contributed by atoms with Crippen LogP contribution in [0.25, 0.3) is 0 Å². The lowest BCUT2D eigenvalue weighted by Crippen LogP contribution is -2.55. The molecule has 1 unspecified atom stereocenters. The van der Waals surface area contributed by atoms with E-state index in [9.17, 15) is 4.79 Å². The first-order valence-corrected chi connectivity index (χ1v) is 9.12. The van der Waals surface area contributed by atoms with Crippen molar-refractivity contribution in [2.45, 2.75) is 30.2 Å². The lowest BCUT2D eigenvalue weighted by atomic mass is 9.99. The van der Waals surface area contributed by atoms with E-state index in [1.54, 1.807) is 11.8 Å². The fourth-order valence-electron chi connectivity index (χ4n) is 3.44. The van der Waals surface area contributed by atoms with Gasteiger partial charge in [0.1, 0.15) is 0 Å². The molecule has 2 aliphatic rings. The van der Waals surface area contributed by atoms with Gasteiger partial charge in [0.2, 0.25) is 0 Å². The second kappa shape index (κ2) is 6.95. The van der Waals surface area contributed by atoms with Crippen LogP contribution in [0.1, 0.15) is 29.6 Å². The summed E-state index contributed by atoms with van der Waals surface area (Å²) in [6.45, 7) is 5.05. The van der Waals surface area contributed by atoms with Gasteiger partial charge >= 0.3 is 0 Å². The molecule has 2 aliphatic heterocycles. The van der Waals surface area contributed by atoms with Crippen LogP contribution in [0.2, 0.25) is 0 Å². The van der Waals surface area contributed by atoms with Crippen molar-refractivity contribution >= 4 is 17.5 Å². The monoisotopic (exact) mass is 304 g/mol. The van der Waals surface area contributed by atoms with E-state index in [0.717, 1.165) is 25.2 Å². The molecule has 1 atom stereocenters. The SMILES string of the molecule is CSc1ccc(C(=O)CN2CCN3CCCCC3C2)cc1. The van der Waals surface area contributed by atoms with E-state index < -0.39 is 0 Å². The van der Waals surface area contributed by atoms with E-state index in [2.05, 4.69) is 16.1 Å². The summed E-state index contributed by atoms with van der Waals surface area (Å²) in [5.74, 6) is 0.256. The zero-order valence-electron chi connectivity index (χ0n) is 12.8. The number of ketones is 1. The van der Waals surface area contributed by atoms with Gasteiger partial charge in [-0.15, -0.1) is 11.8 Å². The Morgan fingerprint density at radius 2 is 2.00 bits per heavy atom. The normalized spacial score (nSPS) is 23.8. The van der Waals surface area contributed by atoms with Crippen LogP contribution < -0.4 is 0 Å². The smallest absolute Gasteiger partial charge is 0.176 e. The van der Waals surface area contributed by atoms with Crippen LogP contribution in [-0.4, -0.2) is 60.6 Å². The lowest BCUT2D eigenvalue weighted by molar-refractivity contribution is 0.0469. The highest BCUT2D eigenvalue weighted by Gasteiger charge is 2.29. The summed E-state index contributed by atoms with van der Waals surface area (Å²) in [7, 11) is 0. The topological polar surface area (TPSA) is 23.6 Å². The minimum Gasteiger partial charge on any atom is -0.298 e. The molecule has 0 radical (unpaired) electrons. The van der Waals surface area contributed by atoms with Crippen LogP contribution in [0.15, 0.2) is 29.2 Å². The summed E-state index contributed by atoms with van der Waals surface area (Å²) < 4.78 is 0. The van der Waals surface area contributed by atoms with E-state index in [-0.39, 0.29) is 5.78 Å². The largest absolute Gasteiger partial charge is 0.298 e. The molecule has 114 valence electrons. The van der Waals surface area contributed by atoms with E-state index in [0.29, 0.717) is 12.6 Å². The molecule has 0 amide bonds. The second-order valence-corrected chi connectivity index (χ2v) is 6.95. The number of rotatable bonds is 4. The molecule has 4 heteroatoms. The Labute approximate surface area is 131 Å². The Morgan fingerprint density at radius 1 is 1.19 bits per heavy atom. The summed E-state index contributed by atoms with van der Waals surface area (Å²) in [5.41, 5.74) is 0.846. The Morgan fingerprint density at radius 3 is 2.76 bits per heavy atom. The zero-order valence-corrected chi connectivity index (χ0v) is 13.6. The van der Waals surface area contributed by atoms with Gasteiger partial charge in [-0.05, 0) is 37.8 Å². The molecule has 1 aromatic carbocycles. The molecule has 0 spiro atoms. The summed E-state index contributed by atoms with van der Waals surface area (Å²) in [5, 5.41) is 0. The van der Waals surface area contributed by atoms with Crippen LogP contribution in [0.4, 0.5) is 0 Å². The maximum absolute atomic E-state index is 12.4. The summed E-state index contributed by atoms with van der Waals surface area (Å²) in [6.07, 6.45) is 6.05. The molecule has 0 saturated carbocycles. The van der Waals surface area contributed by atoms with Crippen LogP contribution in [0, 0.1) is 0 Å². The number of hydrogen-bond donors (Lipinski definition) is 0. The molecular formula is C17H24N2OS. The van der Waals surface area contributed by atoms with Gasteiger partial charge in [-0.25, -0.2) is 0 Å². The lowest BCUT2D eigenvalue weighted by Gasteiger charge is -2.43. The number of carbonyl (C=O) groups is 1. The minimum absolute atomic E-state index is 0.256. The predicted octanol–water partition coefficient (Wildman–Crippen LogP) is 2.76. The Bertz CT molecular complexity index is 488. The molecule has 0 bridgehead atoms. The van der Waals surface area contributed by atoms with Gasteiger partial charge in [-0.1, -0.05) is 18.6 Å². The van der Waals surface area contributed by atoms with Gasteiger partial charge in [0.15, 0.2) is 5.78 Å². The Balaban J connectivity index is 1.57. The van der Waals surface area contributed by atoms with Crippen molar-refractivity contribution in [1.82, 2.24) is 9.80 Å². The summed E-state index contributed by atoms with van der Waals surface area (Å²) >= 11 is 1.71. The van der Waals surface area contributed by atoms with E-state index >= 15 is 0 Å². The average Bonchev–Trinajstić information content (AvgIpc) is 2.55. The molecule has 21 heavy (non-hydrogen) atoms. The third-order valence-electron chi connectivity index (χ3n) is 4.70. The number of hydrogen-bond acceptors (Lipinski definition) is 4. The Hall–Kier alpha value is -0.840. The van der Waals surface area contributed by atoms with Crippen molar-refractivity contribution in [3.8, 4) is 0 Å². The number of nitrogens with zero attached hydrogens (tertiary/aromatic N) is 2. The molecule has 1 aromatic rings. The fraction of sp³-hybridized carbons (Fsp3) is 0.588. The van der Waals surface area contributed by atoms with Crippen molar-refractivity contribution < 1.29 is 4.79 Å². The van der Waals surface area contributed by atoms with Crippen molar-refractivity contribution in [2.75, 3.05) is 39.0 Å². The van der Waals surface area contributed by atoms with Crippen molar-refractivity contribution in [3.63, 3.8) is 0 Å². The second-order valence-electron chi connectivity index (χ2n) is 6.07. The maximum atomic E-state index is 12.4. The number of carbonyl (C=O) groups excluding carboxylic acids is 1. The van der Waals surface area contributed by atoms with E-state index in [4.69, 9.17) is 0 Å². The first kappa shape index (κ1) is 15.1. The fourth-order valence-corrected chi connectivity index (χ4v) is 3.84. The van der Waals surface area contributed by atoms with Gasteiger partial charge < -0.3 is 0 Å². The molecule has 2 saturated heterocycles. The Kier molecular flexibility index (Phi) is 4.99. The van der Waals surface area contributed by atoms with Crippen molar-refractivity contribution in [2.24, 2.45) is 0 Å². The molecule has 3 nitrogen and oxygen atoms in total. The number of piperidine rings is 1. The number of fused-ring (bicyclic) bond motifs is 1. The van der Waals surface area contributed by atoms with E-state index in [1.807, 2.05) is 24.3 Å². The molecule has 3 rings (SSSR count). The molecular weight excluding hydrogens is 280 g/mol. The van der Waals surface area contributed by atoms with Crippen molar-refractivity contribution in [1.29, 1.82) is 0 Å². The molecule has 2 fully saturated rings.